The van der Waals surface area contributed by atoms with E-state index in [1.54, 1.807) is 6.26 Å². The predicted molar refractivity (Wildman–Crippen MR) is 249 cm³/mol. The summed E-state index contributed by atoms with van der Waals surface area (Å²) in [5.41, 5.74) is 9.31. The number of thiophene rings is 1. The van der Waals surface area contributed by atoms with E-state index >= 15 is 0 Å². The highest BCUT2D eigenvalue weighted by Gasteiger charge is 2.23. The van der Waals surface area contributed by atoms with Crippen molar-refractivity contribution >= 4 is 131 Å². The van der Waals surface area contributed by atoms with E-state index in [1.807, 2.05) is 35.6 Å². The summed E-state index contributed by atoms with van der Waals surface area (Å²) in [5.74, 6) is 0. The number of hydrogen-bond donors (Lipinski definition) is 0. The SMILES string of the molecule is Brc1ccc2c(c1)sc1c3c4c(cccc4cc12)C=CN3c1ccccc1.CS(=O)c1cc(Br)ccc1-c1cc2c3c(cccc3c1)C=CN2c1ccccc1. The van der Waals surface area contributed by atoms with Crippen molar-refractivity contribution in [2.75, 3.05) is 16.1 Å². The Morgan fingerprint density at radius 3 is 1.91 bits per heavy atom. The number of nitrogens with zero attached hydrogens (tertiary/aromatic N) is 2. The van der Waals surface area contributed by atoms with Gasteiger partial charge in [0.2, 0.25) is 0 Å². The first kappa shape index (κ1) is 35.1. The fourth-order valence-electron chi connectivity index (χ4n) is 8.00. The minimum Gasteiger partial charge on any atom is -0.316 e. The van der Waals surface area contributed by atoms with E-state index in [9.17, 15) is 4.21 Å². The lowest BCUT2D eigenvalue weighted by Crippen LogP contribution is -2.12. The van der Waals surface area contributed by atoms with Crippen molar-refractivity contribution in [1.29, 1.82) is 0 Å². The normalized spacial score (nSPS) is 13.4. The Labute approximate surface area is 348 Å². The number of hydrogen-bond acceptors (Lipinski definition) is 4. The fourth-order valence-corrected chi connectivity index (χ4v) is 11.1. The number of fused-ring (bicyclic) bond motifs is 4. The largest absolute Gasteiger partial charge is 0.316 e. The maximum atomic E-state index is 12.4. The molecule has 56 heavy (non-hydrogen) atoms. The lowest BCUT2D eigenvalue weighted by Gasteiger charge is -2.27. The first-order valence-electron chi connectivity index (χ1n) is 18.2. The highest BCUT2D eigenvalue weighted by atomic mass is 79.9. The fraction of sp³-hybridized carbons (Fsp3) is 0.0204. The van der Waals surface area contributed by atoms with Crippen LogP contribution >= 0.6 is 43.2 Å². The van der Waals surface area contributed by atoms with Crippen LogP contribution in [0.15, 0.2) is 178 Å². The van der Waals surface area contributed by atoms with Crippen molar-refractivity contribution in [1.82, 2.24) is 0 Å². The zero-order valence-electron chi connectivity index (χ0n) is 30.1. The second-order valence-corrected chi connectivity index (χ2v) is 18.1. The smallest absolute Gasteiger partial charge is 0.0719 e. The number of benzene rings is 8. The minimum absolute atomic E-state index is 0.833. The third kappa shape index (κ3) is 6.10. The molecule has 0 fully saturated rings. The minimum atomic E-state index is -1.09. The van der Waals surface area contributed by atoms with Crippen LogP contribution in [0.3, 0.4) is 0 Å². The van der Waals surface area contributed by atoms with Gasteiger partial charge in [-0.05, 0) is 112 Å². The van der Waals surface area contributed by atoms with Crippen molar-refractivity contribution < 1.29 is 4.21 Å². The third-order valence-corrected chi connectivity index (χ3v) is 13.6. The number of halogens is 2. The van der Waals surface area contributed by atoms with Crippen molar-refractivity contribution in [3.05, 3.63) is 184 Å². The summed E-state index contributed by atoms with van der Waals surface area (Å²) in [7, 11) is -1.09. The predicted octanol–water partition coefficient (Wildman–Crippen LogP) is 15.2. The van der Waals surface area contributed by atoms with E-state index in [2.05, 4.69) is 194 Å². The van der Waals surface area contributed by atoms with Crippen LogP contribution in [-0.2, 0) is 10.8 Å². The summed E-state index contributed by atoms with van der Waals surface area (Å²) >= 11 is 9.02. The van der Waals surface area contributed by atoms with Gasteiger partial charge in [-0.15, -0.1) is 11.3 Å². The first-order chi connectivity index (χ1) is 27.4. The van der Waals surface area contributed by atoms with Crippen molar-refractivity contribution in [2.24, 2.45) is 0 Å². The maximum absolute atomic E-state index is 12.4. The summed E-state index contributed by atoms with van der Waals surface area (Å²) in [6.07, 6.45) is 10.4. The van der Waals surface area contributed by atoms with Crippen LogP contribution in [0.4, 0.5) is 22.7 Å². The molecular weight excluding hydrogens is 856 g/mol. The number of para-hydroxylation sites is 2. The Bertz CT molecular complexity index is 3100. The molecule has 0 amide bonds. The zero-order chi connectivity index (χ0) is 37.9. The highest BCUT2D eigenvalue weighted by Crippen LogP contribution is 2.49. The monoisotopic (exact) mass is 886 g/mol. The van der Waals surface area contributed by atoms with Crippen molar-refractivity contribution in [3.63, 3.8) is 0 Å². The molecule has 2 aliphatic rings. The van der Waals surface area contributed by atoms with Crippen LogP contribution < -0.4 is 9.80 Å². The molecule has 2 aliphatic heterocycles. The van der Waals surface area contributed by atoms with Gasteiger partial charge in [-0.1, -0.05) is 117 Å². The zero-order valence-corrected chi connectivity index (χ0v) is 34.9. The molecule has 0 N–H and O–H groups in total. The molecule has 0 saturated heterocycles. The van der Waals surface area contributed by atoms with Gasteiger partial charge in [0.25, 0.3) is 0 Å². The third-order valence-electron chi connectivity index (χ3n) is 10.5. The molecular formula is C49H32Br2N2OS2. The van der Waals surface area contributed by atoms with E-state index in [0.29, 0.717) is 0 Å². The van der Waals surface area contributed by atoms with Crippen LogP contribution in [-0.4, -0.2) is 10.5 Å². The lowest BCUT2D eigenvalue weighted by atomic mass is 9.94. The average molecular weight is 889 g/mol. The topological polar surface area (TPSA) is 23.6 Å². The molecule has 8 aromatic carbocycles. The van der Waals surface area contributed by atoms with E-state index in [0.717, 1.165) is 36.3 Å². The molecule has 1 aromatic heterocycles. The van der Waals surface area contributed by atoms with Gasteiger partial charge in [-0.25, -0.2) is 0 Å². The molecule has 3 nitrogen and oxygen atoms in total. The van der Waals surface area contributed by atoms with Gasteiger partial charge in [-0.3, -0.25) is 4.21 Å². The Morgan fingerprint density at radius 2 is 1.20 bits per heavy atom. The van der Waals surface area contributed by atoms with Crippen LogP contribution in [0, 0.1) is 0 Å². The molecule has 3 heterocycles. The second-order valence-electron chi connectivity index (χ2n) is 13.9. The molecule has 270 valence electrons. The van der Waals surface area contributed by atoms with Gasteiger partial charge >= 0.3 is 0 Å². The van der Waals surface area contributed by atoms with Crippen LogP contribution in [0.5, 0.6) is 0 Å². The number of rotatable bonds is 4. The quantitative estimate of drug-likeness (QED) is 0.176. The summed E-state index contributed by atoms with van der Waals surface area (Å²) < 4.78 is 17.1. The summed E-state index contributed by atoms with van der Waals surface area (Å²) in [6, 6.07) is 53.3. The Balaban J connectivity index is 0.000000137. The molecule has 0 radical (unpaired) electrons. The summed E-state index contributed by atoms with van der Waals surface area (Å²) in [6.45, 7) is 0. The molecule has 1 unspecified atom stereocenters. The molecule has 11 rings (SSSR count). The van der Waals surface area contributed by atoms with Gasteiger partial charge in [0.05, 0.1) is 26.9 Å². The molecule has 0 aliphatic carbocycles. The van der Waals surface area contributed by atoms with Crippen molar-refractivity contribution in [3.8, 4) is 11.1 Å². The van der Waals surface area contributed by atoms with Gasteiger partial charge < -0.3 is 9.80 Å². The molecule has 7 heteroatoms. The average Bonchev–Trinajstić information content (AvgIpc) is 3.59. The van der Waals surface area contributed by atoms with Gasteiger partial charge in [-0.2, -0.15) is 0 Å². The van der Waals surface area contributed by atoms with Crippen LogP contribution in [0.2, 0.25) is 0 Å². The standard InChI is InChI=1S/C25H18BrNOS.C24H14BrNS/c1-29(28)24-16-20(26)10-11-22(24)19-14-18-7-5-6-17-12-13-27(23(15-19)25(17)18)21-8-3-2-4-9-21;25-17-9-10-19-20-13-16-6-4-5-15-11-12-26(18-7-2-1-3-8-18)23(22(15)16)24(20)27-21(19)14-17/h2-16H,1H3;1-14H. The van der Waals surface area contributed by atoms with E-state index in [1.165, 1.54) is 64.2 Å². The number of anilines is 4. The lowest BCUT2D eigenvalue weighted by molar-refractivity contribution is 0.687. The van der Waals surface area contributed by atoms with Crippen molar-refractivity contribution in [2.45, 2.75) is 4.90 Å². The first-order valence-corrected chi connectivity index (χ1v) is 22.2. The van der Waals surface area contributed by atoms with Crippen LogP contribution in [0.25, 0.3) is 65.0 Å². The van der Waals surface area contributed by atoms with Crippen LogP contribution in [0.1, 0.15) is 11.1 Å². The Kier molecular flexibility index (Phi) is 8.98. The van der Waals surface area contributed by atoms with E-state index < -0.39 is 10.8 Å². The highest BCUT2D eigenvalue weighted by molar-refractivity contribution is 9.10. The Morgan fingerprint density at radius 1 is 0.571 bits per heavy atom. The molecule has 0 bridgehead atoms. The van der Waals surface area contributed by atoms with E-state index in [-0.39, 0.29) is 0 Å². The van der Waals surface area contributed by atoms with E-state index in [4.69, 9.17) is 0 Å². The maximum Gasteiger partial charge on any atom is 0.0719 e. The molecule has 0 spiro atoms. The Hall–Kier alpha value is -5.31. The summed E-state index contributed by atoms with van der Waals surface area (Å²) in [5, 5.41) is 7.70. The molecule has 1 atom stereocenters. The molecule has 0 saturated carbocycles. The summed E-state index contributed by atoms with van der Waals surface area (Å²) in [4.78, 5) is 5.39. The second kappa shape index (κ2) is 14.3. The molecule has 9 aromatic rings. The van der Waals surface area contributed by atoms with Gasteiger partial charge in [0, 0.05) is 70.1 Å². The van der Waals surface area contributed by atoms with Gasteiger partial charge in [0.15, 0.2) is 0 Å². The van der Waals surface area contributed by atoms with Gasteiger partial charge in [0.1, 0.15) is 0 Å².